The molecule has 130 valence electrons. The Bertz CT molecular complexity index is 835. The number of carbonyl (C=O) groups excluding carboxylic acids is 1. The van der Waals surface area contributed by atoms with Crippen molar-refractivity contribution < 1.29 is 14.6 Å². The van der Waals surface area contributed by atoms with E-state index >= 15 is 0 Å². The number of anilines is 1. The van der Waals surface area contributed by atoms with E-state index in [9.17, 15) is 9.90 Å². The van der Waals surface area contributed by atoms with Gasteiger partial charge in [-0.15, -0.1) is 0 Å². The van der Waals surface area contributed by atoms with Gasteiger partial charge >= 0.3 is 0 Å². The summed E-state index contributed by atoms with van der Waals surface area (Å²) in [6.45, 7) is 3.89. The third-order valence-electron chi connectivity index (χ3n) is 5.07. The van der Waals surface area contributed by atoms with Gasteiger partial charge in [-0.1, -0.05) is 0 Å². The number of H-pyrrole nitrogens is 1. The van der Waals surface area contributed by atoms with Crippen molar-refractivity contribution >= 4 is 17.6 Å². The average Bonchev–Trinajstić information content (AvgIpc) is 3.19. The van der Waals surface area contributed by atoms with Gasteiger partial charge in [-0.25, -0.2) is 0 Å². The Morgan fingerprint density at radius 1 is 1.44 bits per heavy atom. The van der Waals surface area contributed by atoms with Crippen LogP contribution < -0.4 is 9.64 Å². The van der Waals surface area contributed by atoms with Crippen LogP contribution in [0.15, 0.2) is 35.1 Å². The summed E-state index contributed by atoms with van der Waals surface area (Å²) in [7, 11) is 0. The van der Waals surface area contributed by atoms with E-state index < -0.39 is 6.23 Å². The number of carbonyl (C=O) groups is 1. The van der Waals surface area contributed by atoms with Crippen LogP contribution in [0, 0.1) is 0 Å². The summed E-state index contributed by atoms with van der Waals surface area (Å²) in [6.07, 6.45) is 6.10. The lowest BCUT2D eigenvalue weighted by atomic mass is 10.2. The molecule has 1 aromatic rings. The molecule has 0 spiro atoms. The van der Waals surface area contributed by atoms with Gasteiger partial charge < -0.3 is 24.6 Å². The number of nitrogens with one attached hydrogen (secondary N) is 1. The molecule has 1 aromatic heterocycles. The molecule has 1 saturated heterocycles. The molecule has 4 aliphatic rings. The topological polar surface area (TPSA) is 84.4 Å². The van der Waals surface area contributed by atoms with Gasteiger partial charge in [0.1, 0.15) is 11.5 Å². The number of amidine groups is 1. The zero-order chi connectivity index (χ0) is 17.1. The van der Waals surface area contributed by atoms with Crippen molar-refractivity contribution in [2.45, 2.75) is 25.6 Å². The number of aliphatic hydroxyl groups is 1. The number of likely N-dealkylation sites (tertiary alicyclic amines) is 1. The van der Waals surface area contributed by atoms with Crippen LogP contribution >= 0.6 is 0 Å². The van der Waals surface area contributed by atoms with Crippen LogP contribution in [0.3, 0.4) is 0 Å². The van der Waals surface area contributed by atoms with Crippen molar-refractivity contribution in [1.29, 1.82) is 0 Å². The molecule has 0 radical (unpaired) electrons. The quantitative estimate of drug-likeness (QED) is 0.833. The summed E-state index contributed by atoms with van der Waals surface area (Å²) in [4.78, 5) is 25.6. The lowest BCUT2D eigenvalue weighted by molar-refractivity contribution is 0.0646. The molecule has 8 heteroatoms. The van der Waals surface area contributed by atoms with Gasteiger partial charge in [0.25, 0.3) is 5.91 Å². The summed E-state index contributed by atoms with van der Waals surface area (Å²) in [6, 6.07) is 1.61. The van der Waals surface area contributed by atoms with Crippen molar-refractivity contribution in [3.8, 4) is 5.75 Å². The number of aliphatic imine (C=N–C) groups is 1. The Morgan fingerprint density at radius 3 is 3.04 bits per heavy atom. The van der Waals surface area contributed by atoms with Gasteiger partial charge in [-0.05, 0) is 19.4 Å². The van der Waals surface area contributed by atoms with Crippen LogP contribution in [0.2, 0.25) is 0 Å². The van der Waals surface area contributed by atoms with Gasteiger partial charge in [-0.2, -0.15) is 0 Å². The normalized spacial score (nSPS) is 26.7. The third kappa shape index (κ3) is 2.10. The minimum absolute atomic E-state index is 0.0145. The van der Waals surface area contributed by atoms with Crippen molar-refractivity contribution in [2.75, 3.05) is 24.7 Å². The maximum absolute atomic E-state index is 12.4. The molecule has 25 heavy (non-hydrogen) atoms. The number of hydrogen-bond donors (Lipinski definition) is 2. The predicted octanol–water partition coefficient (Wildman–Crippen LogP) is 0.849. The van der Waals surface area contributed by atoms with E-state index in [0.717, 1.165) is 36.9 Å². The highest BCUT2D eigenvalue weighted by molar-refractivity contribution is 5.98. The molecule has 0 aliphatic carbocycles. The number of aromatic nitrogens is 1. The smallest absolute Gasteiger partial charge is 0.270 e. The lowest BCUT2D eigenvalue weighted by Gasteiger charge is -2.30. The van der Waals surface area contributed by atoms with E-state index in [1.807, 2.05) is 35.1 Å². The predicted molar refractivity (Wildman–Crippen MR) is 91.3 cm³/mol. The molecule has 5 heterocycles. The average molecular weight is 341 g/mol. The summed E-state index contributed by atoms with van der Waals surface area (Å²) < 4.78 is 5.73. The van der Waals surface area contributed by atoms with E-state index in [2.05, 4.69) is 9.98 Å². The Labute approximate surface area is 144 Å². The van der Waals surface area contributed by atoms with Crippen LogP contribution in [0.25, 0.3) is 0 Å². The van der Waals surface area contributed by atoms with Gasteiger partial charge in [-0.3, -0.25) is 14.7 Å². The van der Waals surface area contributed by atoms with Crippen LogP contribution in [-0.4, -0.2) is 63.7 Å². The van der Waals surface area contributed by atoms with Crippen LogP contribution in [0.4, 0.5) is 5.82 Å². The highest BCUT2D eigenvalue weighted by Crippen LogP contribution is 2.38. The standard InChI is InChI=1S/C17H19N5O3/c1-10-16(23)21-6-3-11(7-14(21)18-10)22-9-25-13-8-12(19-15(13)22)17(24)20-4-2-5-20/h3,6-8,10,16,19,23H,2,4-5,9H2,1H3. The number of rotatable bonds is 2. The van der Waals surface area contributed by atoms with Crippen molar-refractivity contribution in [2.24, 2.45) is 4.99 Å². The molecule has 1 amide bonds. The fourth-order valence-corrected chi connectivity index (χ4v) is 3.43. The number of amides is 1. The van der Waals surface area contributed by atoms with E-state index in [4.69, 9.17) is 4.74 Å². The van der Waals surface area contributed by atoms with Crippen molar-refractivity contribution in [3.05, 3.63) is 35.8 Å². The van der Waals surface area contributed by atoms with Crippen molar-refractivity contribution in [1.82, 2.24) is 14.8 Å². The molecule has 2 unspecified atom stereocenters. The molecular formula is C17H19N5O3. The summed E-state index contributed by atoms with van der Waals surface area (Å²) in [5, 5.41) is 10.1. The van der Waals surface area contributed by atoms with E-state index in [1.54, 1.807) is 11.0 Å². The monoisotopic (exact) mass is 341 g/mol. The molecule has 0 aromatic carbocycles. The number of nitrogens with zero attached hydrogens (tertiary/aromatic N) is 4. The molecule has 2 atom stereocenters. The molecule has 8 nitrogen and oxygen atoms in total. The van der Waals surface area contributed by atoms with E-state index in [1.165, 1.54) is 0 Å². The second-order valence-corrected chi connectivity index (χ2v) is 6.68. The highest BCUT2D eigenvalue weighted by Gasteiger charge is 2.34. The number of fused-ring (bicyclic) bond motifs is 2. The fourth-order valence-electron chi connectivity index (χ4n) is 3.43. The van der Waals surface area contributed by atoms with Gasteiger partial charge in [0.05, 0.1) is 11.7 Å². The van der Waals surface area contributed by atoms with E-state index in [0.29, 0.717) is 18.2 Å². The molecule has 4 aliphatic heterocycles. The van der Waals surface area contributed by atoms with Crippen LogP contribution in [-0.2, 0) is 0 Å². The summed E-state index contributed by atoms with van der Waals surface area (Å²) in [5.41, 5.74) is 1.46. The largest absolute Gasteiger partial charge is 0.469 e. The molecular weight excluding hydrogens is 322 g/mol. The Morgan fingerprint density at radius 2 is 2.28 bits per heavy atom. The first-order chi connectivity index (χ1) is 12.1. The van der Waals surface area contributed by atoms with Gasteiger partial charge in [0.15, 0.2) is 24.5 Å². The van der Waals surface area contributed by atoms with Gasteiger partial charge in [0, 0.05) is 31.4 Å². The molecule has 0 bridgehead atoms. The van der Waals surface area contributed by atoms with Gasteiger partial charge in [0.2, 0.25) is 0 Å². The fraction of sp³-hybridized carbons (Fsp3) is 0.412. The Kier molecular flexibility index (Phi) is 2.99. The molecule has 0 saturated carbocycles. The SMILES string of the molecule is CC1N=C2C=C(N3COc4cc(C(=O)N5CCC5)[nH]c43)C=CN2C1O. The number of allylic oxidation sites excluding steroid dienone is 1. The number of hydrogen-bond acceptors (Lipinski definition) is 6. The second kappa shape index (κ2) is 5.13. The minimum atomic E-state index is -0.624. The number of aromatic amines is 1. The Balaban J connectivity index is 1.43. The second-order valence-electron chi connectivity index (χ2n) is 6.68. The maximum Gasteiger partial charge on any atom is 0.270 e. The van der Waals surface area contributed by atoms with Crippen molar-refractivity contribution in [3.63, 3.8) is 0 Å². The molecule has 5 rings (SSSR count). The van der Waals surface area contributed by atoms with Crippen LogP contribution in [0.5, 0.6) is 5.75 Å². The first kappa shape index (κ1) is 14.6. The maximum atomic E-state index is 12.4. The van der Waals surface area contributed by atoms with E-state index in [-0.39, 0.29) is 11.9 Å². The first-order valence-corrected chi connectivity index (χ1v) is 8.48. The minimum Gasteiger partial charge on any atom is -0.469 e. The Hall–Kier alpha value is -2.74. The highest BCUT2D eigenvalue weighted by atomic mass is 16.5. The summed E-state index contributed by atoms with van der Waals surface area (Å²) >= 11 is 0. The molecule has 2 N–H and O–H groups in total. The first-order valence-electron chi connectivity index (χ1n) is 8.48. The van der Waals surface area contributed by atoms with Crippen LogP contribution in [0.1, 0.15) is 23.8 Å². The zero-order valence-electron chi connectivity index (χ0n) is 13.8. The number of aliphatic hydroxyl groups excluding tert-OH is 1. The lowest BCUT2D eigenvalue weighted by Crippen LogP contribution is -2.42. The zero-order valence-corrected chi connectivity index (χ0v) is 13.8. The summed E-state index contributed by atoms with van der Waals surface area (Å²) in [5.74, 6) is 2.21. The number of ether oxygens (including phenoxy) is 1. The third-order valence-corrected chi connectivity index (χ3v) is 5.07. The molecule has 1 fully saturated rings.